The minimum atomic E-state index is -0.938. The molecule has 3 rings (SSSR count). The van der Waals surface area contributed by atoms with Crippen LogP contribution in [0.3, 0.4) is 0 Å². The number of carbonyl (C=O) groups is 1. The summed E-state index contributed by atoms with van der Waals surface area (Å²) in [6.45, 7) is 0.0572. The molecule has 0 bridgehead atoms. The predicted molar refractivity (Wildman–Crippen MR) is 74.9 cm³/mol. The summed E-state index contributed by atoms with van der Waals surface area (Å²) in [5.74, 6) is 1.22. The zero-order valence-electron chi connectivity index (χ0n) is 12.5. The van der Waals surface area contributed by atoms with E-state index < -0.39 is 5.97 Å². The average molecular weight is 322 g/mol. The first kappa shape index (κ1) is 14.9. The molecule has 0 saturated heterocycles. The molecule has 0 saturated carbocycles. The Balaban J connectivity index is 2.01. The lowest BCUT2D eigenvalue weighted by Crippen LogP contribution is -1.98. The number of aromatic nitrogens is 2. The molecule has 9 nitrogen and oxygen atoms in total. The molecule has 122 valence electrons. The predicted octanol–water partition coefficient (Wildman–Crippen LogP) is 1.50. The van der Waals surface area contributed by atoms with Crippen LogP contribution in [-0.4, -0.2) is 42.2 Å². The molecule has 0 aliphatic carbocycles. The van der Waals surface area contributed by atoms with Crippen LogP contribution in [0.25, 0.3) is 11.4 Å². The van der Waals surface area contributed by atoms with Crippen molar-refractivity contribution in [3.8, 4) is 34.4 Å². The number of hydrogen-bond acceptors (Lipinski definition) is 8. The van der Waals surface area contributed by atoms with Crippen molar-refractivity contribution in [3.63, 3.8) is 0 Å². The van der Waals surface area contributed by atoms with E-state index in [1.165, 1.54) is 14.2 Å². The van der Waals surface area contributed by atoms with E-state index in [0.717, 1.165) is 0 Å². The first-order valence-corrected chi connectivity index (χ1v) is 6.73. The van der Waals surface area contributed by atoms with Gasteiger partial charge in [0.15, 0.2) is 11.5 Å². The van der Waals surface area contributed by atoms with Gasteiger partial charge in [-0.05, 0) is 6.07 Å². The number of methoxy groups -OCH3 is 2. The third kappa shape index (κ3) is 2.72. The number of ether oxygens (including phenoxy) is 4. The van der Waals surface area contributed by atoms with Gasteiger partial charge in [0.2, 0.25) is 30.0 Å². The number of carboxylic acid groups (broad SMARTS) is 1. The Kier molecular flexibility index (Phi) is 3.92. The Hall–Kier alpha value is -2.97. The summed E-state index contributed by atoms with van der Waals surface area (Å²) < 4.78 is 26.5. The van der Waals surface area contributed by atoms with Gasteiger partial charge in [-0.1, -0.05) is 5.16 Å². The number of aryl methyl sites for hydroxylation is 1. The van der Waals surface area contributed by atoms with Crippen LogP contribution >= 0.6 is 0 Å². The monoisotopic (exact) mass is 322 g/mol. The number of benzene rings is 1. The molecule has 0 radical (unpaired) electrons. The van der Waals surface area contributed by atoms with E-state index >= 15 is 0 Å². The smallest absolute Gasteiger partial charge is 0.303 e. The number of aliphatic carboxylic acids is 1. The maximum absolute atomic E-state index is 10.6. The summed E-state index contributed by atoms with van der Waals surface area (Å²) in [7, 11) is 2.99. The second-order valence-corrected chi connectivity index (χ2v) is 4.63. The summed E-state index contributed by atoms with van der Waals surface area (Å²) >= 11 is 0. The topological polar surface area (TPSA) is 113 Å². The van der Waals surface area contributed by atoms with Crippen LogP contribution in [0.1, 0.15) is 12.3 Å². The zero-order valence-corrected chi connectivity index (χ0v) is 12.5. The van der Waals surface area contributed by atoms with Crippen LogP contribution < -0.4 is 18.9 Å². The quantitative estimate of drug-likeness (QED) is 0.845. The molecule has 1 N–H and O–H groups in total. The van der Waals surface area contributed by atoms with E-state index in [0.29, 0.717) is 28.6 Å². The van der Waals surface area contributed by atoms with Crippen molar-refractivity contribution in [1.82, 2.24) is 10.1 Å². The van der Waals surface area contributed by atoms with Gasteiger partial charge in [-0.25, -0.2) is 0 Å². The zero-order chi connectivity index (χ0) is 16.4. The van der Waals surface area contributed by atoms with E-state index in [1.54, 1.807) is 6.07 Å². The molecule has 0 spiro atoms. The van der Waals surface area contributed by atoms with Gasteiger partial charge in [0.05, 0.1) is 26.2 Å². The maximum Gasteiger partial charge on any atom is 0.303 e. The van der Waals surface area contributed by atoms with Crippen molar-refractivity contribution in [3.05, 3.63) is 12.0 Å². The molecular formula is C14H14N2O7. The lowest BCUT2D eigenvalue weighted by atomic mass is 10.1. The third-order valence-electron chi connectivity index (χ3n) is 3.25. The largest absolute Gasteiger partial charge is 0.493 e. The average Bonchev–Trinajstić information content (AvgIpc) is 3.20. The van der Waals surface area contributed by atoms with Gasteiger partial charge in [-0.15, -0.1) is 0 Å². The van der Waals surface area contributed by atoms with Crippen molar-refractivity contribution in [1.29, 1.82) is 0 Å². The summed E-state index contributed by atoms with van der Waals surface area (Å²) in [6.07, 6.45) is 0.0512. The number of carboxylic acids is 1. The molecule has 2 heterocycles. The van der Waals surface area contributed by atoms with E-state index in [2.05, 4.69) is 10.1 Å². The van der Waals surface area contributed by atoms with Crippen LogP contribution in [0, 0.1) is 0 Å². The molecule has 0 fully saturated rings. The molecule has 1 aromatic heterocycles. The summed E-state index contributed by atoms with van der Waals surface area (Å²) in [5, 5.41) is 12.6. The Bertz CT molecular complexity index is 741. The summed E-state index contributed by atoms with van der Waals surface area (Å²) in [5.41, 5.74) is 0.499. The molecule has 9 heteroatoms. The lowest BCUT2D eigenvalue weighted by molar-refractivity contribution is -0.137. The molecule has 23 heavy (non-hydrogen) atoms. The van der Waals surface area contributed by atoms with Gasteiger partial charge in [0, 0.05) is 6.42 Å². The maximum atomic E-state index is 10.6. The lowest BCUT2D eigenvalue weighted by Gasteiger charge is -2.11. The molecule has 0 unspecified atom stereocenters. The fourth-order valence-corrected chi connectivity index (χ4v) is 2.21. The molecule has 2 aromatic rings. The molecule has 1 aliphatic heterocycles. The van der Waals surface area contributed by atoms with Gasteiger partial charge < -0.3 is 28.6 Å². The molecule has 0 amide bonds. The van der Waals surface area contributed by atoms with E-state index in [4.69, 9.17) is 28.6 Å². The Labute approximate surface area is 130 Å². The van der Waals surface area contributed by atoms with Crippen molar-refractivity contribution in [2.75, 3.05) is 21.0 Å². The second kappa shape index (κ2) is 6.03. The number of rotatable bonds is 6. The summed E-state index contributed by atoms with van der Waals surface area (Å²) in [6, 6.07) is 1.65. The first-order chi connectivity index (χ1) is 11.1. The van der Waals surface area contributed by atoms with Crippen molar-refractivity contribution < 1.29 is 33.4 Å². The Morgan fingerprint density at radius 2 is 2.09 bits per heavy atom. The van der Waals surface area contributed by atoms with Crippen LogP contribution in [0.2, 0.25) is 0 Å². The minimum absolute atomic E-state index is 0.0572. The van der Waals surface area contributed by atoms with Gasteiger partial charge >= 0.3 is 5.97 Å². The minimum Gasteiger partial charge on any atom is -0.493 e. The Morgan fingerprint density at radius 3 is 2.78 bits per heavy atom. The van der Waals surface area contributed by atoms with E-state index in [1.807, 2.05) is 0 Å². The highest BCUT2D eigenvalue weighted by Crippen LogP contribution is 2.51. The Morgan fingerprint density at radius 1 is 1.30 bits per heavy atom. The van der Waals surface area contributed by atoms with Crippen LogP contribution in [0.15, 0.2) is 10.6 Å². The highest BCUT2D eigenvalue weighted by Gasteiger charge is 2.29. The highest BCUT2D eigenvalue weighted by molar-refractivity contribution is 5.76. The molecular weight excluding hydrogens is 308 g/mol. The van der Waals surface area contributed by atoms with E-state index in [9.17, 15) is 4.79 Å². The highest BCUT2D eigenvalue weighted by atomic mass is 16.7. The fraction of sp³-hybridized carbons (Fsp3) is 0.357. The number of fused-ring (bicyclic) bond motifs is 1. The third-order valence-corrected chi connectivity index (χ3v) is 3.25. The summed E-state index contributed by atoms with van der Waals surface area (Å²) in [4.78, 5) is 14.8. The first-order valence-electron chi connectivity index (χ1n) is 6.73. The van der Waals surface area contributed by atoms with Crippen molar-refractivity contribution in [2.45, 2.75) is 12.8 Å². The van der Waals surface area contributed by atoms with E-state index in [-0.39, 0.29) is 31.3 Å². The van der Waals surface area contributed by atoms with Crippen molar-refractivity contribution in [2.24, 2.45) is 0 Å². The van der Waals surface area contributed by atoms with Gasteiger partial charge in [-0.3, -0.25) is 4.79 Å². The fourth-order valence-electron chi connectivity index (χ4n) is 2.21. The van der Waals surface area contributed by atoms with Gasteiger partial charge in [0.25, 0.3) is 0 Å². The SMILES string of the molecule is COc1cc(-c2noc(CCC(=O)O)n2)c(OC)c2c1OCO2. The number of hydrogen-bond donors (Lipinski definition) is 1. The van der Waals surface area contributed by atoms with Crippen LogP contribution in [0.5, 0.6) is 23.0 Å². The van der Waals surface area contributed by atoms with Crippen LogP contribution in [-0.2, 0) is 11.2 Å². The second-order valence-electron chi connectivity index (χ2n) is 4.63. The van der Waals surface area contributed by atoms with Gasteiger partial charge in [0.1, 0.15) is 0 Å². The van der Waals surface area contributed by atoms with Gasteiger partial charge in [-0.2, -0.15) is 4.98 Å². The molecule has 1 aromatic carbocycles. The van der Waals surface area contributed by atoms with Crippen LogP contribution in [0.4, 0.5) is 0 Å². The number of nitrogens with zero attached hydrogens (tertiary/aromatic N) is 2. The standard InChI is InChI=1S/C14H14N2O7/c1-19-8-5-7(11(20-2)13-12(8)21-6-22-13)14-15-9(23-16-14)3-4-10(17)18/h5H,3-4,6H2,1-2H3,(H,17,18). The molecule has 0 atom stereocenters. The molecule has 1 aliphatic rings. The van der Waals surface area contributed by atoms with Crippen molar-refractivity contribution >= 4 is 5.97 Å². The normalized spacial score (nSPS) is 12.3.